The van der Waals surface area contributed by atoms with Gasteiger partial charge in [0, 0.05) is 13.5 Å². The molecule has 0 saturated heterocycles. The van der Waals surface area contributed by atoms with Crippen LogP contribution in [0.1, 0.15) is 34.1 Å². The zero-order valence-corrected chi connectivity index (χ0v) is 19.2. The first-order valence-electron chi connectivity index (χ1n) is 10.1. The molecule has 0 atom stereocenters. The molecule has 0 radical (unpaired) electrons. The Bertz CT molecular complexity index is 1160. The van der Waals surface area contributed by atoms with Crippen LogP contribution in [0.4, 0.5) is 21.5 Å². The number of amides is 2. The number of sulfonamides is 1. The third kappa shape index (κ3) is 4.85. The average molecular weight is 464 g/mol. The molecule has 1 aliphatic rings. The Kier molecular flexibility index (Phi) is 6.45. The number of hydrogen-bond acceptors (Lipinski definition) is 5. The highest BCUT2D eigenvalue weighted by Gasteiger charge is 2.37. The number of ether oxygens (including phenoxy) is 1. The Morgan fingerprint density at radius 3 is 2.56 bits per heavy atom. The summed E-state index contributed by atoms with van der Waals surface area (Å²) in [6, 6.07) is 7.86. The molecule has 172 valence electrons. The van der Waals surface area contributed by atoms with Crippen LogP contribution in [-0.4, -0.2) is 33.4 Å². The van der Waals surface area contributed by atoms with Gasteiger partial charge in [0.05, 0.1) is 27.4 Å². The molecule has 32 heavy (non-hydrogen) atoms. The molecule has 0 spiro atoms. The number of nitrogens with zero attached hydrogens (tertiary/aromatic N) is 1. The Labute approximate surface area is 186 Å². The molecule has 0 bridgehead atoms. The molecular formula is C22H26FN3O5S. The van der Waals surface area contributed by atoms with E-state index in [0.29, 0.717) is 24.4 Å². The van der Waals surface area contributed by atoms with E-state index in [1.54, 1.807) is 24.8 Å². The second kappa shape index (κ2) is 8.78. The van der Waals surface area contributed by atoms with Crippen molar-refractivity contribution in [3.05, 3.63) is 42.2 Å². The van der Waals surface area contributed by atoms with Gasteiger partial charge in [0.2, 0.25) is 11.8 Å². The van der Waals surface area contributed by atoms with E-state index in [4.69, 9.17) is 4.74 Å². The maximum atomic E-state index is 14.2. The predicted molar refractivity (Wildman–Crippen MR) is 120 cm³/mol. The number of fused-ring (bicyclic) bond motifs is 1. The van der Waals surface area contributed by atoms with Crippen LogP contribution in [0.5, 0.6) is 5.75 Å². The average Bonchev–Trinajstić information content (AvgIpc) is 2.79. The molecule has 0 unspecified atom stereocenters. The molecular weight excluding hydrogens is 437 g/mol. The molecule has 1 heterocycles. The van der Waals surface area contributed by atoms with Crippen LogP contribution in [0.25, 0.3) is 0 Å². The zero-order valence-electron chi connectivity index (χ0n) is 18.4. The molecule has 2 aromatic carbocycles. The lowest BCUT2D eigenvalue weighted by Crippen LogP contribution is -2.42. The Hall–Kier alpha value is -3.14. The first kappa shape index (κ1) is 23.5. The summed E-state index contributed by atoms with van der Waals surface area (Å²) in [6.45, 7) is 7.41. The molecule has 2 aromatic rings. The van der Waals surface area contributed by atoms with Crippen LogP contribution in [0.3, 0.4) is 0 Å². The summed E-state index contributed by atoms with van der Waals surface area (Å²) in [5, 5.41) is 2.29. The number of carbonyl (C=O) groups is 2. The quantitative estimate of drug-likeness (QED) is 0.679. The third-order valence-electron chi connectivity index (χ3n) is 4.92. The number of carbonyl (C=O) groups excluding carboxylic acids is 2. The first-order valence-corrected chi connectivity index (χ1v) is 11.6. The van der Waals surface area contributed by atoms with Crippen molar-refractivity contribution < 1.29 is 27.1 Å². The third-order valence-corrected chi connectivity index (χ3v) is 6.30. The maximum Gasteiger partial charge on any atom is 0.261 e. The molecule has 0 saturated carbocycles. The number of hydrogen-bond donors (Lipinski definition) is 2. The summed E-state index contributed by atoms with van der Waals surface area (Å²) in [4.78, 5) is 25.4. The van der Waals surface area contributed by atoms with Gasteiger partial charge in [-0.05, 0) is 56.7 Å². The van der Waals surface area contributed by atoms with Crippen molar-refractivity contribution in [2.75, 3.05) is 28.1 Å². The normalized spacial score (nSPS) is 15.4. The first-order chi connectivity index (χ1) is 14.9. The Balaban J connectivity index is 1.94. The van der Waals surface area contributed by atoms with Gasteiger partial charge in [-0.3, -0.25) is 14.3 Å². The second-order valence-corrected chi connectivity index (χ2v) is 9.92. The summed E-state index contributed by atoms with van der Waals surface area (Å²) in [5.41, 5.74) is -0.182. The molecule has 0 fully saturated rings. The fourth-order valence-electron chi connectivity index (χ4n) is 3.32. The molecule has 3 rings (SSSR count). The fourth-order valence-corrected chi connectivity index (χ4v) is 4.38. The van der Waals surface area contributed by atoms with Crippen molar-refractivity contribution in [2.45, 2.75) is 39.0 Å². The summed E-state index contributed by atoms with van der Waals surface area (Å²) in [7, 11) is -4.13. The molecule has 0 aliphatic carbocycles. The van der Waals surface area contributed by atoms with E-state index in [2.05, 4.69) is 10.0 Å². The zero-order chi connectivity index (χ0) is 23.7. The molecule has 0 aromatic heterocycles. The SMILES string of the molecule is CCCN1C(=O)C(C)(C)COc2ccc(NS(=O)(=O)c3ccc(NC(C)=O)c(F)c3)cc21. The summed E-state index contributed by atoms with van der Waals surface area (Å²) in [5.74, 6) is -0.987. The Morgan fingerprint density at radius 2 is 1.94 bits per heavy atom. The van der Waals surface area contributed by atoms with E-state index >= 15 is 0 Å². The van der Waals surface area contributed by atoms with Crippen molar-refractivity contribution in [1.29, 1.82) is 0 Å². The van der Waals surface area contributed by atoms with Gasteiger partial charge >= 0.3 is 0 Å². The van der Waals surface area contributed by atoms with E-state index in [1.165, 1.54) is 31.2 Å². The molecule has 1 aliphatic heterocycles. The lowest BCUT2D eigenvalue weighted by Gasteiger charge is -2.28. The Morgan fingerprint density at radius 1 is 1.22 bits per heavy atom. The van der Waals surface area contributed by atoms with Gasteiger partial charge in [-0.15, -0.1) is 0 Å². The van der Waals surface area contributed by atoms with Gasteiger partial charge in [0.1, 0.15) is 18.2 Å². The molecule has 2 N–H and O–H groups in total. The number of rotatable bonds is 6. The van der Waals surface area contributed by atoms with Gasteiger partial charge < -0.3 is 15.0 Å². The monoisotopic (exact) mass is 463 g/mol. The minimum atomic E-state index is -4.13. The second-order valence-electron chi connectivity index (χ2n) is 8.24. The highest BCUT2D eigenvalue weighted by Crippen LogP contribution is 2.38. The molecule has 8 nitrogen and oxygen atoms in total. The largest absolute Gasteiger partial charge is 0.490 e. The van der Waals surface area contributed by atoms with Gasteiger partial charge in [-0.1, -0.05) is 6.92 Å². The van der Waals surface area contributed by atoms with Gasteiger partial charge in [-0.2, -0.15) is 0 Å². The predicted octanol–water partition coefficient (Wildman–Crippen LogP) is 3.75. The summed E-state index contributed by atoms with van der Waals surface area (Å²) in [6.07, 6.45) is 0.705. The van der Waals surface area contributed by atoms with E-state index in [-0.39, 0.29) is 28.8 Å². The minimum Gasteiger partial charge on any atom is -0.490 e. The van der Waals surface area contributed by atoms with Crippen LogP contribution in [-0.2, 0) is 19.6 Å². The number of benzene rings is 2. The van der Waals surface area contributed by atoms with Crippen molar-refractivity contribution in [2.24, 2.45) is 5.41 Å². The van der Waals surface area contributed by atoms with Crippen molar-refractivity contribution in [1.82, 2.24) is 0 Å². The van der Waals surface area contributed by atoms with Crippen LogP contribution in [0.2, 0.25) is 0 Å². The van der Waals surface area contributed by atoms with E-state index < -0.39 is 27.2 Å². The lowest BCUT2D eigenvalue weighted by atomic mass is 9.93. The fraction of sp³-hybridized carbons (Fsp3) is 0.364. The lowest BCUT2D eigenvalue weighted by molar-refractivity contribution is -0.127. The standard InChI is InChI=1S/C22H26FN3O5S/c1-5-10-26-19-11-15(6-9-20(19)31-13-22(3,4)21(26)28)25-32(29,30)16-7-8-18(17(23)12-16)24-14(2)27/h6-9,11-12,25H,5,10,13H2,1-4H3,(H,24,27). The van der Waals surface area contributed by atoms with Crippen molar-refractivity contribution in [3.8, 4) is 5.75 Å². The highest BCUT2D eigenvalue weighted by molar-refractivity contribution is 7.92. The number of halogens is 1. The topological polar surface area (TPSA) is 105 Å². The maximum absolute atomic E-state index is 14.2. The van der Waals surface area contributed by atoms with E-state index in [0.717, 1.165) is 6.07 Å². The van der Waals surface area contributed by atoms with Gasteiger partial charge in [0.15, 0.2) is 0 Å². The minimum absolute atomic E-state index is 0.116. The summed E-state index contributed by atoms with van der Waals surface area (Å²) < 4.78 is 48.1. The van der Waals surface area contributed by atoms with Gasteiger partial charge in [0.25, 0.3) is 10.0 Å². The van der Waals surface area contributed by atoms with E-state index in [1.807, 2.05) is 6.92 Å². The van der Waals surface area contributed by atoms with Gasteiger partial charge in [-0.25, -0.2) is 12.8 Å². The number of anilines is 3. The molecule has 10 heteroatoms. The van der Waals surface area contributed by atoms with E-state index in [9.17, 15) is 22.4 Å². The van der Waals surface area contributed by atoms with Crippen molar-refractivity contribution in [3.63, 3.8) is 0 Å². The summed E-state index contributed by atoms with van der Waals surface area (Å²) >= 11 is 0. The molecule has 2 amide bonds. The smallest absolute Gasteiger partial charge is 0.261 e. The number of nitrogens with one attached hydrogen (secondary N) is 2. The highest BCUT2D eigenvalue weighted by atomic mass is 32.2. The van der Waals surface area contributed by atoms with Crippen LogP contribution < -0.4 is 19.7 Å². The van der Waals surface area contributed by atoms with Crippen LogP contribution in [0.15, 0.2) is 41.3 Å². The van der Waals surface area contributed by atoms with Crippen LogP contribution >= 0.6 is 0 Å². The van der Waals surface area contributed by atoms with Crippen molar-refractivity contribution >= 4 is 38.9 Å². The van der Waals surface area contributed by atoms with Crippen LogP contribution in [0, 0.1) is 11.2 Å².